The smallest absolute Gasteiger partial charge is 0.326 e. The van der Waals surface area contributed by atoms with E-state index in [1.807, 2.05) is 30.3 Å². The zero-order chi connectivity index (χ0) is 14.3. The number of β-amino-alcohol motifs (C(OH)–C–C–N with tert-alkyl or cyclic N) is 1. The summed E-state index contributed by atoms with van der Waals surface area (Å²) in [7, 11) is 0. The van der Waals surface area contributed by atoms with Gasteiger partial charge in [-0.3, -0.25) is 4.79 Å². The number of hydrogen-bond acceptors (Lipinski definition) is 3. The van der Waals surface area contributed by atoms with E-state index in [1.165, 1.54) is 4.90 Å². The predicted molar refractivity (Wildman–Crippen MR) is 71.1 cm³/mol. The number of carboxylic acid groups (broad SMARTS) is 1. The van der Waals surface area contributed by atoms with Crippen LogP contribution in [0, 0.1) is 5.92 Å². The number of aliphatic hydroxyl groups is 1. The van der Waals surface area contributed by atoms with Crippen molar-refractivity contribution in [3.63, 3.8) is 0 Å². The summed E-state index contributed by atoms with van der Waals surface area (Å²) in [6.07, 6.45) is 0.167. The number of carboxylic acids is 1. The Hall–Kier alpha value is -1.88. The van der Waals surface area contributed by atoms with Gasteiger partial charge in [-0.1, -0.05) is 30.3 Å². The largest absolute Gasteiger partial charge is 0.480 e. The summed E-state index contributed by atoms with van der Waals surface area (Å²) >= 11 is 0. The monoisotopic (exact) mass is 275 g/mol. The van der Waals surface area contributed by atoms with Crippen LogP contribution in [-0.4, -0.2) is 45.7 Å². The molecule has 106 valence electrons. The summed E-state index contributed by atoms with van der Waals surface area (Å²) in [5, 5.41) is 18.7. The number of amides is 1. The number of carbonyl (C=O) groups excluding carboxylic acids is 1. The number of aliphatic carboxylic acids is 1. The van der Waals surface area contributed by atoms with E-state index in [0.717, 1.165) is 12.0 Å². The first-order valence-corrected chi connectivity index (χ1v) is 6.84. The Labute approximate surface area is 116 Å². The molecule has 0 bridgehead atoms. The Morgan fingerprint density at radius 2 is 1.85 bits per heavy atom. The SMILES string of the molecule is O=C(O)[C@H]1C[C@@H](O)CN1C(=O)C1CC1c1ccccc1. The van der Waals surface area contributed by atoms with E-state index in [9.17, 15) is 14.7 Å². The lowest BCUT2D eigenvalue weighted by Crippen LogP contribution is -2.41. The molecule has 2 N–H and O–H groups in total. The minimum atomic E-state index is -1.04. The van der Waals surface area contributed by atoms with Gasteiger partial charge in [-0.05, 0) is 17.9 Å². The molecule has 5 nitrogen and oxygen atoms in total. The zero-order valence-electron chi connectivity index (χ0n) is 11.0. The van der Waals surface area contributed by atoms with E-state index >= 15 is 0 Å². The molecule has 4 atom stereocenters. The van der Waals surface area contributed by atoms with E-state index < -0.39 is 18.1 Å². The van der Waals surface area contributed by atoms with Crippen molar-refractivity contribution < 1.29 is 19.8 Å². The molecule has 1 aromatic carbocycles. The first-order valence-electron chi connectivity index (χ1n) is 6.84. The molecule has 2 aliphatic rings. The molecule has 0 radical (unpaired) electrons. The van der Waals surface area contributed by atoms with Gasteiger partial charge in [0.1, 0.15) is 6.04 Å². The third-order valence-electron chi connectivity index (χ3n) is 4.18. The van der Waals surface area contributed by atoms with E-state index in [1.54, 1.807) is 0 Å². The van der Waals surface area contributed by atoms with Crippen molar-refractivity contribution in [1.82, 2.24) is 4.90 Å². The van der Waals surface area contributed by atoms with Gasteiger partial charge in [0.2, 0.25) is 5.91 Å². The van der Waals surface area contributed by atoms with Crippen molar-refractivity contribution in [2.45, 2.75) is 30.9 Å². The molecular formula is C15H17NO4. The van der Waals surface area contributed by atoms with Crippen molar-refractivity contribution >= 4 is 11.9 Å². The van der Waals surface area contributed by atoms with Crippen LogP contribution in [0.15, 0.2) is 30.3 Å². The topological polar surface area (TPSA) is 77.8 Å². The first-order chi connectivity index (χ1) is 9.58. The van der Waals surface area contributed by atoms with Gasteiger partial charge in [-0.25, -0.2) is 4.79 Å². The van der Waals surface area contributed by atoms with E-state index in [4.69, 9.17) is 5.11 Å². The van der Waals surface area contributed by atoms with Crippen molar-refractivity contribution in [3.05, 3.63) is 35.9 Å². The molecule has 1 aromatic rings. The summed E-state index contributed by atoms with van der Waals surface area (Å²) in [6.45, 7) is 0.133. The highest BCUT2D eigenvalue weighted by Crippen LogP contribution is 2.49. The molecule has 0 aromatic heterocycles. The van der Waals surface area contributed by atoms with Gasteiger partial charge >= 0.3 is 5.97 Å². The summed E-state index contributed by atoms with van der Waals surface area (Å²) in [6, 6.07) is 8.91. The lowest BCUT2D eigenvalue weighted by atomic mass is 10.1. The second-order valence-corrected chi connectivity index (χ2v) is 5.59. The maximum absolute atomic E-state index is 12.4. The molecule has 3 rings (SSSR count). The molecule has 1 amide bonds. The lowest BCUT2D eigenvalue weighted by Gasteiger charge is -2.21. The van der Waals surface area contributed by atoms with Crippen LogP contribution in [0.5, 0.6) is 0 Å². The maximum atomic E-state index is 12.4. The fourth-order valence-corrected chi connectivity index (χ4v) is 3.04. The Bertz CT molecular complexity index is 530. The molecule has 1 heterocycles. The van der Waals surface area contributed by atoms with Crippen LogP contribution >= 0.6 is 0 Å². The highest BCUT2D eigenvalue weighted by atomic mass is 16.4. The second kappa shape index (κ2) is 4.90. The molecule has 0 spiro atoms. The van der Waals surface area contributed by atoms with E-state index in [2.05, 4.69) is 0 Å². The van der Waals surface area contributed by atoms with Crippen LogP contribution in [0.1, 0.15) is 24.3 Å². The third-order valence-corrected chi connectivity index (χ3v) is 4.18. The average Bonchev–Trinajstić information content (AvgIpc) is 3.14. The van der Waals surface area contributed by atoms with Gasteiger partial charge in [-0.15, -0.1) is 0 Å². The van der Waals surface area contributed by atoms with Gasteiger partial charge in [0.05, 0.1) is 6.10 Å². The molecular weight excluding hydrogens is 258 g/mol. The molecule has 1 aliphatic carbocycles. The summed E-state index contributed by atoms with van der Waals surface area (Å²) in [5.41, 5.74) is 1.12. The highest BCUT2D eigenvalue weighted by Gasteiger charge is 2.49. The lowest BCUT2D eigenvalue weighted by molar-refractivity contribution is -0.148. The van der Waals surface area contributed by atoms with E-state index in [0.29, 0.717) is 0 Å². The molecule has 20 heavy (non-hydrogen) atoms. The quantitative estimate of drug-likeness (QED) is 0.856. The minimum Gasteiger partial charge on any atom is -0.480 e. The van der Waals surface area contributed by atoms with Crippen LogP contribution in [0.25, 0.3) is 0 Å². The zero-order valence-corrected chi connectivity index (χ0v) is 11.0. The molecule has 1 saturated carbocycles. The predicted octanol–water partition coefficient (Wildman–Crippen LogP) is 0.836. The van der Waals surface area contributed by atoms with Crippen LogP contribution in [-0.2, 0) is 9.59 Å². The second-order valence-electron chi connectivity index (χ2n) is 5.59. The van der Waals surface area contributed by atoms with Gasteiger partial charge < -0.3 is 15.1 Å². The Balaban J connectivity index is 1.70. The van der Waals surface area contributed by atoms with Crippen molar-refractivity contribution in [2.24, 2.45) is 5.92 Å². The number of rotatable bonds is 3. The van der Waals surface area contributed by atoms with Crippen molar-refractivity contribution in [3.8, 4) is 0 Å². The number of likely N-dealkylation sites (tertiary alicyclic amines) is 1. The van der Waals surface area contributed by atoms with Gasteiger partial charge in [0.15, 0.2) is 0 Å². The van der Waals surface area contributed by atoms with Gasteiger partial charge in [-0.2, -0.15) is 0 Å². The highest BCUT2D eigenvalue weighted by molar-refractivity contribution is 5.88. The minimum absolute atomic E-state index is 0.129. The van der Waals surface area contributed by atoms with Gasteiger partial charge in [0, 0.05) is 18.9 Å². The van der Waals surface area contributed by atoms with Crippen LogP contribution < -0.4 is 0 Å². The molecule has 1 saturated heterocycles. The maximum Gasteiger partial charge on any atom is 0.326 e. The Morgan fingerprint density at radius 1 is 1.15 bits per heavy atom. The Morgan fingerprint density at radius 3 is 2.50 bits per heavy atom. The normalized spacial score (nSPS) is 32.1. The molecule has 2 fully saturated rings. The Kier molecular flexibility index (Phi) is 3.22. The van der Waals surface area contributed by atoms with Crippen LogP contribution in [0.2, 0.25) is 0 Å². The summed E-state index contributed by atoms with van der Waals surface area (Å²) in [4.78, 5) is 24.9. The van der Waals surface area contributed by atoms with Crippen molar-refractivity contribution in [1.29, 1.82) is 0 Å². The van der Waals surface area contributed by atoms with Crippen LogP contribution in [0.4, 0.5) is 0 Å². The summed E-state index contributed by atoms with van der Waals surface area (Å²) < 4.78 is 0. The summed E-state index contributed by atoms with van der Waals surface area (Å²) in [5.74, 6) is -1.12. The molecule has 5 heteroatoms. The number of hydrogen-bond donors (Lipinski definition) is 2. The molecule has 2 unspecified atom stereocenters. The van der Waals surface area contributed by atoms with Crippen molar-refractivity contribution in [2.75, 3.05) is 6.54 Å². The number of benzene rings is 1. The first kappa shape index (κ1) is 13.1. The van der Waals surface area contributed by atoms with Crippen LogP contribution in [0.3, 0.4) is 0 Å². The molecule has 1 aliphatic heterocycles. The van der Waals surface area contributed by atoms with E-state index in [-0.39, 0.29) is 30.7 Å². The fourth-order valence-electron chi connectivity index (χ4n) is 3.04. The fraction of sp³-hybridized carbons (Fsp3) is 0.467. The van der Waals surface area contributed by atoms with Gasteiger partial charge in [0.25, 0.3) is 0 Å². The standard InChI is InChI=1S/C15H17NO4/c17-10-6-13(15(19)20)16(8-10)14(18)12-7-11(12)9-4-2-1-3-5-9/h1-5,10-13,17H,6-8H2,(H,19,20)/t10-,11?,12?,13-/m1/s1. The number of carbonyl (C=O) groups is 2. The number of aliphatic hydroxyl groups excluding tert-OH is 1. The number of nitrogens with zero attached hydrogens (tertiary/aromatic N) is 1. The average molecular weight is 275 g/mol. The third kappa shape index (κ3) is 2.29.